The summed E-state index contributed by atoms with van der Waals surface area (Å²) in [6.45, 7) is 1.92. The van der Waals surface area contributed by atoms with Crippen molar-refractivity contribution in [3.63, 3.8) is 0 Å². The molecule has 0 aliphatic carbocycles. The molecule has 1 rings (SSSR count). The Bertz CT molecular complexity index is 448. The normalized spacial score (nSPS) is 11.9. The number of carboxylic acids is 1. The highest BCUT2D eigenvalue weighted by Gasteiger charge is 2.24. The molecule has 92 valence electrons. The van der Waals surface area contributed by atoms with E-state index in [2.05, 4.69) is 26.6 Å². The van der Waals surface area contributed by atoms with Gasteiger partial charge in [0, 0.05) is 10.2 Å². The molecule has 1 aromatic carbocycles. The van der Waals surface area contributed by atoms with Crippen LogP contribution in [0.1, 0.15) is 5.56 Å². The Labute approximate surface area is 107 Å². The highest BCUT2D eigenvalue weighted by molar-refractivity contribution is 9.10. The van der Waals surface area contributed by atoms with Crippen LogP contribution in [0.15, 0.2) is 22.7 Å². The van der Waals surface area contributed by atoms with E-state index in [1.54, 1.807) is 12.1 Å². The van der Waals surface area contributed by atoms with Gasteiger partial charge in [0.2, 0.25) is 0 Å². The molecular weight excluding hydrogens is 288 g/mol. The number of halogens is 1. The Morgan fingerprint density at radius 2 is 2.06 bits per heavy atom. The third-order valence-electron chi connectivity index (χ3n) is 2.24. The number of aryl methyl sites for hydroxylation is 1. The number of carbonyl (C=O) groups excluding carboxylic acids is 1. The Morgan fingerprint density at radius 1 is 1.41 bits per heavy atom. The van der Waals surface area contributed by atoms with Crippen LogP contribution in [-0.4, -0.2) is 30.1 Å². The summed E-state index contributed by atoms with van der Waals surface area (Å²) in [5.74, 6) is -1.81. The largest absolute Gasteiger partial charge is 0.480 e. The minimum absolute atomic E-state index is 0.550. The predicted octanol–water partition coefficient (Wildman–Crippen LogP) is 1.37. The number of carboxylic acid groups (broad SMARTS) is 1. The Kier molecular flexibility index (Phi) is 4.65. The number of likely N-dealkylation sites (N-methyl/N-ethyl adjacent to an activating group) is 1. The fraction of sp³-hybridized carbons (Fsp3) is 0.273. The summed E-state index contributed by atoms with van der Waals surface area (Å²) in [7, 11) is 1.42. The lowest BCUT2D eigenvalue weighted by Gasteiger charge is -2.12. The van der Waals surface area contributed by atoms with E-state index in [1.807, 2.05) is 13.0 Å². The Hall–Kier alpha value is -1.40. The van der Waals surface area contributed by atoms with E-state index >= 15 is 0 Å². The van der Waals surface area contributed by atoms with Crippen molar-refractivity contribution in [1.29, 1.82) is 0 Å². The van der Waals surface area contributed by atoms with Crippen LogP contribution in [0.25, 0.3) is 0 Å². The van der Waals surface area contributed by atoms with Crippen LogP contribution in [0.2, 0.25) is 0 Å². The van der Waals surface area contributed by atoms with Crippen LogP contribution < -0.4 is 10.6 Å². The fourth-order valence-electron chi connectivity index (χ4n) is 1.25. The quantitative estimate of drug-likeness (QED) is 0.734. The van der Waals surface area contributed by atoms with Crippen molar-refractivity contribution in [3.8, 4) is 0 Å². The number of nitrogens with one attached hydrogen (secondary N) is 2. The van der Waals surface area contributed by atoms with Crippen molar-refractivity contribution in [1.82, 2.24) is 5.32 Å². The van der Waals surface area contributed by atoms with Crippen molar-refractivity contribution >= 4 is 33.5 Å². The third kappa shape index (κ3) is 3.54. The molecule has 0 radical (unpaired) electrons. The molecule has 0 bridgehead atoms. The topological polar surface area (TPSA) is 78.4 Å². The van der Waals surface area contributed by atoms with Gasteiger partial charge in [-0.15, -0.1) is 0 Å². The van der Waals surface area contributed by atoms with Gasteiger partial charge in [-0.05, 0) is 31.7 Å². The van der Waals surface area contributed by atoms with E-state index in [0.717, 1.165) is 10.0 Å². The van der Waals surface area contributed by atoms with E-state index in [1.165, 1.54) is 7.05 Å². The summed E-state index contributed by atoms with van der Waals surface area (Å²) in [6.07, 6.45) is 0. The van der Waals surface area contributed by atoms with Crippen molar-refractivity contribution in [2.24, 2.45) is 0 Å². The monoisotopic (exact) mass is 300 g/mol. The lowest BCUT2D eigenvalue weighted by molar-refractivity contribution is -0.142. The van der Waals surface area contributed by atoms with Gasteiger partial charge in [-0.2, -0.15) is 0 Å². The van der Waals surface area contributed by atoms with Crippen molar-refractivity contribution in [2.45, 2.75) is 13.0 Å². The number of carbonyl (C=O) groups is 2. The second-order valence-corrected chi connectivity index (χ2v) is 4.37. The molecule has 17 heavy (non-hydrogen) atoms. The zero-order chi connectivity index (χ0) is 13.0. The highest BCUT2D eigenvalue weighted by Crippen LogP contribution is 2.20. The number of hydrogen-bond donors (Lipinski definition) is 3. The van der Waals surface area contributed by atoms with Gasteiger partial charge in [0.1, 0.15) is 0 Å². The third-order valence-corrected chi connectivity index (χ3v) is 3.09. The minimum Gasteiger partial charge on any atom is -0.480 e. The summed E-state index contributed by atoms with van der Waals surface area (Å²) in [5, 5.41) is 13.7. The second-order valence-electron chi connectivity index (χ2n) is 3.51. The first-order chi connectivity index (χ1) is 7.95. The minimum atomic E-state index is -1.25. The molecule has 1 aromatic rings. The second kappa shape index (κ2) is 5.79. The zero-order valence-corrected chi connectivity index (χ0v) is 11.0. The standard InChI is InChI=1S/C11H13BrN2O3/c1-6-3-4-7(5-8(6)12)14-10(15)9(13-2)11(16)17/h3-5,9,13H,1-2H3,(H,14,15)(H,16,17). The first-order valence-corrected chi connectivity index (χ1v) is 5.72. The van der Waals surface area contributed by atoms with Gasteiger partial charge < -0.3 is 10.4 Å². The SMILES string of the molecule is CNC(C(=O)O)C(=O)Nc1ccc(C)c(Br)c1. The first kappa shape index (κ1) is 13.7. The number of hydrogen-bond acceptors (Lipinski definition) is 3. The lowest BCUT2D eigenvalue weighted by Crippen LogP contribution is -2.44. The predicted molar refractivity (Wildman–Crippen MR) is 68.0 cm³/mol. The molecule has 1 amide bonds. The van der Waals surface area contributed by atoms with Gasteiger partial charge in [-0.25, -0.2) is 4.79 Å². The van der Waals surface area contributed by atoms with Crippen LogP contribution in [0, 0.1) is 6.92 Å². The number of amides is 1. The average Bonchev–Trinajstić information content (AvgIpc) is 2.24. The number of anilines is 1. The van der Waals surface area contributed by atoms with Gasteiger partial charge in [-0.3, -0.25) is 10.1 Å². The number of benzene rings is 1. The molecule has 3 N–H and O–H groups in total. The number of rotatable bonds is 4. The van der Waals surface area contributed by atoms with E-state index in [0.29, 0.717) is 5.69 Å². The number of aliphatic carboxylic acids is 1. The molecule has 6 heteroatoms. The van der Waals surface area contributed by atoms with Gasteiger partial charge in [0.05, 0.1) is 0 Å². The van der Waals surface area contributed by atoms with E-state index in [9.17, 15) is 9.59 Å². The van der Waals surface area contributed by atoms with Gasteiger partial charge in [0.15, 0.2) is 6.04 Å². The van der Waals surface area contributed by atoms with Crippen molar-refractivity contribution in [3.05, 3.63) is 28.2 Å². The highest BCUT2D eigenvalue weighted by atomic mass is 79.9. The fourth-order valence-corrected chi connectivity index (χ4v) is 1.63. The van der Waals surface area contributed by atoms with Crippen LogP contribution in [0.3, 0.4) is 0 Å². The molecule has 1 atom stereocenters. The van der Waals surface area contributed by atoms with Gasteiger partial charge >= 0.3 is 5.97 Å². The Balaban J connectivity index is 2.80. The molecule has 1 unspecified atom stereocenters. The Morgan fingerprint density at radius 3 is 2.53 bits per heavy atom. The van der Waals surface area contributed by atoms with E-state index < -0.39 is 17.9 Å². The molecule has 0 aliphatic heterocycles. The van der Waals surface area contributed by atoms with Crippen LogP contribution >= 0.6 is 15.9 Å². The maximum Gasteiger partial charge on any atom is 0.330 e. The van der Waals surface area contributed by atoms with Crippen LogP contribution in [0.4, 0.5) is 5.69 Å². The summed E-state index contributed by atoms with van der Waals surface area (Å²) < 4.78 is 0.853. The van der Waals surface area contributed by atoms with Crippen LogP contribution in [0.5, 0.6) is 0 Å². The van der Waals surface area contributed by atoms with E-state index in [4.69, 9.17) is 5.11 Å². The maximum atomic E-state index is 11.6. The molecule has 0 saturated carbocycles. The van der Waals surface area contributed by atoms with Gasteiger partial charge in [-0.1, -0.05) is 22.0 Å². The smallest absolute Gasteiger partial charge is 0.330 e. The van der Waals surface area contributed by atoms with Crippen molar-refractivity contribution in [2.75, 3.05) is 12.4 Å². The molecule has 0 heterocycles. The van der Waals surface area contributed by atoms with Gasteiger partial charge in [0.25, 0.3) is 5.91 Å². The molecule has 0 fully saturated rings. The molecular formula is C11H13BrN2O3. The maximum absolute atomic E-state index is 11.6. The summed E-state index contributed by atoms with van der Waals surface area (Å²) >= 11 is 3.34. The summed E-state index contributed by atoms with van der Waals surface area (Å²) in [6, 6.07) is 4.01. The molecule has 0 spiro atoms. The molecule has 0 aromatic heterocycles. The van der Waals surface area contributed by atoms with Crippen LogP contribution in [-0.2, 0) is 9.59 Å². The first-order valence-electron chi connectivity index (χ1n) is 4.92. The van der Waals surface area contributed by atoms with Crippen molar-refractivity contribution < 1.29 is 14.7 Å². The average molecular weight is 301 g/mol. The van der Waals surface area contributed by atoms with E-state index in [-0.39, 0.29) is 0 Å². The molecule has 0 aliphatic rings. The molecule has 0 saturated heterocycles. The zero-order valence-electron chi connectivity index (χ0n) is 9.45. The lowest BCUT2D eigenvalue weighted by atomic mass is 10.2. The summed E-state index contributed by atoms with van der Waals surface area (Å²) in [5.41, 5.74) is 1.58. The summed E-state index contributed by atoms with van der Waals surface area (Å²) in [4.78, 5) is 22.4. The molecule has 5 nitrogen and oxygen atoms in total.